The minimum atomic E-state index is 0.175. The Bertz CT molecular complexity index is 595. The lowest BCUT2D eigenvalue weighted by Gasteiger charge is -2.18. The first kappa shape index (κ1) is 14.6. The molecule has 0 atom stereocenters. The molecule has 0 radical (unpaired) electrons. The van der Waals surface area contributed by atoms with Gasteiger partial charge in [-0.1, -0.05) is 62.7 Å². The molecule has 0 spiro atoms. The van der Waals surface area contributed by atoms with Crippen LogP contribution in [0.1, 0.15) is 31.9 Å². The third kappa shape index (κ3) is 4.10. The Morgan fingerprint density at radius 3 is 2.35 bits per heavy atom. The average molecular weight is 287 g/mol. The molecule has 0 unspecified atom stereocenters. The minimum Gasteiger partial charge on any atom is -0.278 e. The Morgan fingerprint density at radius 1 is 1.05 bits per heavy atom. The van der Waals surface area contributed by atoms with Crippen LogP contribution in [0, 0.1) is 0 Å². The molecule has 104 valence electrons. The van der Waals surface area contributed by atoms with E-state index in [0.717, 1.165) is 11.3 Å². The van der Waals surface area contributed by atoms with Gasteiger partial charge in [-0.3, -0.25) is 5.43 Å². The van der Waals surface area contributed by atoms with Crippen LogP contribution in [0.3, 0.4) is 0 Å². The van der Waals surface area contributed by atoms with Gasteiger partial charge in [-0.15, -0.1) is 0 Å². The summed E-state index contributed by atoms with van der Waals surface area (Å²) in [4.78, 5) is 0. The Hall–Kier alpha value is -1.80. The van der Waals surface area contributed by atoms with Gasteiger partial charge in [0.05, 0.1) is 11.9 Å². The Balaban J connectivity index is 2.01. The number of nitrogens with zero attached hydrogens (tertiary/aromatic N) is 1. The van der Waals surface area contributed by atoms with Crippen molar-refractivity contribution in [2.24, 2.45) is 5.10 Å². The van der Waals surface area contributed by atoms with Gasteiger partial charge in [-0.05, 0) is 34.7 Å². The third-order valence-electron chi connectivity index (χ3n) is 3.01. The molecule has 0 saturated carbocycles. The molecule has 0 amide bonds. The molecule has 0 bridgehead atoms. The predicted molar refractivity (Wildman–Crippen MR) is 87.8 cm³/mol. The summed E-state index contributed by atoms with van der Waals surface area (Å²) < 4.78 is 0. The van der Waals surface area contributed by atoms with Gasteiger partial charge in [-0.2, -0.15) is 5.10 Å². The fourth-order valence-electron chi connectivity index (χ4n) is 1.81. The van der Waals surface area contributed by atoms with Crippen molar-refractivity contribution in [2.75, 3.05) is 5.43 Å². The maximum atomic E-state index is 5.91. The van der Waals surface area contributed by atoms with Gasteiger partial charge >= 0.3 is 0 Å². The van der Waals surface area contributed by atoms with E-state index in [2.05, 4.69) is 55.6 Å². The first-order valence-corrected chi connectivity index (χ1v) is 6.98. The standard InChI is InChI=1S/C17H19ClN2/c1-17(2,3)14-9-7-13(8-10-14)12-19-20-16-6-4-5-15(18)11-16/h4-12,20H,1-3H3. The van der Waals surface area contributed by atoms with E-state index in [1.807, 2.05) is 24.3 Å². The second-order valence-corrected chi connectivity index (χ2v) is 6.19. The summed E-state index contributed by atoms with van der Waals surface area (Å²) in [6.45, 7) is 6.62. The SMILES string of the molecule is CC(C)(C)c1ccc(C=NNc2cccc(Cl)c2)cc1. The van der Waals surface area contributed by atoms with Crippen LogP contribution in [0.4, 0.5) is 5.69 Å². The largest absolute Gasteiger partial charge is 0.278 e. The van der Waals surface area contributed by atoms with Crippen molar-refractivity contribution in [3.05, 3.63) is 64.7 Å². The molecule has 0 aromatic heterocycles. The molecule has 3 heteroatoms. The summed E-state index contributed by atoms with van der Waals surface area (Å²) in [7, 11) is 0. The molecule has 0 heterocycles. The Labute approximate surface area is 125 Å². The quantitative estimate of drug-likeness (QED) is 0.617. The fraction of sp³-hybridized carbons (Fsp3) is 0.235. The van der Waals surface area contributed by atoms with Crippen molar-refractivity contribution in [1.82, 2.24) is 0 Å². The summed E-state index contributed by atoms with van der Waals surface area (Å²) in [5.74, 6) is 0. The molecule has 0 fully saturated rings. The Kier molecular flexibility index (Phi) is 4.46. The highest BCUT2D eigenvalue weighted by atomic mass is 35.5. The fourth-order valence-corrected chi connectivity index (χ4v) is 2.00. The molecule has 2 aromatic carbocycles. The number of benzene rings is 2. The van der Waals surface area contributed by atoms with Crippen LogP contribution in [0.2, 0.25) is 5.02 Å². The van der Waals surface area contributed by atoms with E-state index >= 15 is 0 Å². The summed E-state index contributed by atoms with van der Waals surface area (Å²) >= 11 is 5.91. The van der Waals surface area contributed by atoms with Crippen molar-refractivity contribution in [3.8, 4) is 0 Å². The van der Waals surface area contributed by atoms with Crippen LogP contribution >= 0.6 is 11.6 Å². The molecule has 2 nitrogen and oxygen atoms in total. The summed E-state index contributed by atoms with van der Waals surface area (Å²) in [6.07, 6.45) is 1.80. The monoisotopic (exact) mass is 286 g/mol. The number of hydrogen-bond acceptors (Lipinski definition) is 2. The van der Waals surface area contributed by atoms with Crippen molar-refractivity contribution in [1.29, 1.82) is 0 Å². The zero-order valence-corrected chi connectivity index (χ0v) is 12.8. The van der Waals surface area contributed by atoms with Gasteiger partial charge in [0.1, 0.15) is 0 Å². The van der Waals surface area contributed by atoms with Crippen molar-refractivity contribution in [3.63, 3.8) is 0 Å². The van der Waals surface area contributed by atoms with E-state index in [1.165, 1.54) is 5.56 Å². The first-order chi connectivity index (χ1) is 9.45. The second kappa shape index (κ2) is 6.10. The lowest BCUT2D eigenvalue weighted by molar-refractivity contribution is 0.590. The zero-order valence-electron chi connectivity index (χ0n) is 12.0. The summed E-state index contributed by atoms with van der Waals surface area (Å²) in [5, 5.41) is 4.91. The van der Waals surface area contributed by atoms with E-state index in [9.17, 15) is 0 Å². The van der Waals surface area contributed by atoms with E-state index in [0.29, 0.717) is 5.02 Å². The van der Waals surface area contributed by atoms with Crippen molar-refractivity contribution in [2.45, 2.75) is 26.2 Å². The molecule has 2 rings (SSSR count). The van der Waals surface area contributed by atoms with E-state index in [-0.39, 0.29) is 5.41 Å². The third-order valence-corrected chi connectivity index (χ3v) is 3.24. The molecule has 0 aliphatic heterocycles. The maximum Gasteiger partial charge on any atom is 0.0576 e. The van der Waals surface area contributed by atoms with Crippen molar-refractivity contribution < 1.29 is 0 Å². The van der Waals surface area contributed by atoms with E-state index < -0.39 is 0 Å². The molecule has 1 N–H and O–H groups in total. The van der Waals surface area contributed by atoms with Crippen molar-refractivity contribution >= 4 is 23.5 Å². The van der Waals surface area contributed by atoms with Gasteiger partial charge in [-0.25, -0.2) is 0 Å². The number of rotatable bonds is 3. The normalized spacial score (nSPS) is 11.8. The molecule has 0 aliphatic rings. The first-order valence-electron chi connectivity index (χ1n) is 6.60. The highest BCUT2D eigenvalue weighted by Crippen LogP contribution is 2.21. The molecular weight excluding hydrogens is 268 g/mol. The number of hydrogen-bond donors (Lipinski definition) is 1. The number of halogens is 1. The summed E-state index contributed by atoms with van der Waals surface area (Å²) in [6, 6.07) is 15.9. The Morgan fingerprint density at radius 2 is 1.75 bits per heavy atom. The van der Waals surface area contributed by atoms with Crippen LogP contribution in [0.25, 0.3) is 0 Å². The van der Waals surface area contributed by atoms with Crippen LogP contribution in [0.15, 0.2) is 53.6 Å². The highest BCUT2D eigenvalue weighted by molar-refractivity contribution is 6.30. The van der Waals surface area contributed by atoms with E-state index in [4.69, 9.17) is 11.6 Å². The summed E-state index contributed by atoms with van der Waals surface area (Å²) in [5.41, 5.74) is 6.39. The average Bonchev–Trinajstić information content (AvgIpc) is 2.38. The van der Waals surface area contributed by atoms with Gasteiger partial charge < -0.3 is 0 Å². The molecule has 0 aliphatic carbocycles. The zero-order chi connectivity index (χ0) is 14.6. The lowest BCUT2D eigenvalue weighted by Crippen LogP contribution is -2.10. The minimum absolute atomic E-state index is 0.175. The molecule has 20 heavy (non-hydrogen) atoms. The van der Waals surface area contributed by atoms with Gasteiger partial charge in [0, 0.05) is 5.02 Å². The molecule has 2 aromatic rings. The van der Waals surface area contributed by atoms with Gasteiger partial charge in [0.25, 0.3) is 0 Å². The maximum absolute atomic E-state index is 5.91. The number of nitrogens with one attached hydrogen (secondary N) is 1. The van der Waals surface area contributed by atoms with E-state index in [1.54, 1.807) is 6.21 Å². The van der Waals surface area contributed by atoms with Gasteiger partial charge in [0.15, 0.2) is 0 Å². The second-order valence-electron chi connectivity index (χ2n) is 5.75. The number of anilines is 1. The van der Waals surface area contributed by atoms with Crippen LogP contribution in [-0.4, -0.2) is 6.21 Å². The smallest absolute Gasteiger partial charge is 0.0576 e. The topological polar surface area (TPSA) is 24.4 Å². The highest BCUT2D eigenvalue weighted by Gasteiger charge is 2.12. The predicted octanol–water partition coefficient (Wildman–Crippen LogP) is 5.08. The number of hydrazone groups is 1. The van der Waals surface area contributed by atoms with Crippen LogP contribution in [0.5, 0.6) is 0 Å². The van der Waals surface area contributed by atoms with Gasteiger partial charge in [0.2, 0.25) is 0 Å². The van der Waals surface area contributed by atoms with Crippen LogP contribution in [-0.2, 0) is 5.41 Å². The lowest BCUT2D eigenvalue weighted by atomic mass is 9.87. The molecular formula is C17H19ClN2. The van der Waals surface area contributed by atoms with Crippen LogP contribution < -0.4 is 5.43 Å². The molecule has 0 saturated heterocycles.